The van der Waals surface area contributed by atoms with Crippen molar-refractivity contribution in [3.05, 3.63) is 0 Å². The van der Waals surface area contributed by atoms with Crippen LogP contribution >= 0.6 is 0 Å². The van der Waals surface area contributed by atoms with Gasteiger partial charge in [0.1, 0.15) is 6.10 Å². The summed E-state index contributed by atoms with van der Waals surface area (Å²) in [4.78, 5) is 11.3. The van der Waals surface area contributed by atoms with Gasteiger partial charge in [0, 0.05) is 13.3 Å². The molecule has 16 heavy (non-hydrogen) atoms. The van der Waals surface area contributed by atoms with Crippen molar-refractivity contribution in [2.24, 2.45) is 11.8 Å². The lowest BCUT2D eigenvalue weighted by molar-refractivity contribution is -0.301. The smallest absolute Gasteiger partial charge is 0.303 e. The zero-order chi connectivity index (χ0) is 10.9. The molecule has 3 bridgehead atoms. The Morgan fingerprint density at radius 1 is 1.38 bits per heavy atom. The summed E-state index contributed by atoms with van der Waals surface area (Å²) in [5.41, 5.74) is -0.577. The van der Waals surface area contributed by atoms with Gasteiger partial charge in [-0.1, -0.05) is 0 Å². The van der Waals surface area contributed by atoms with Crippen LogP contribution in [0.2, 0.25) is 0 Å². The number of carbonyl (C=O) groups excluding carboxylic acids is 1. The molecular formula is C11H14O5. The molecule has 1 saturated carbocycles. The molecule has 5 nitrogen and oxygen atoms in total. The van der Waals surface area contributed by atoms with Crippen molar-refractivity contribution in [2.45, 2.75) is 44.1 Å². The normalized spacial score (nSPS) is 56.7. The summed E-state index contributed by atoms with van der Waals surface area (Å²) in [5.74, 6) is 0.424. The van der Waals surface area contributed by atoms with Crippen LogP contribution in [0, 0.1) is 11.8 Å². The second-order valence-electron chi connectivity index (χ2n) is 5.18. The van der Waals surface area contributed by atoms with E-state index in [0.29, 0.717) is 12.5 Å². The summed E-state index contributed by atoms with van der Waals surface area (Å²) < 4.78 is 22.7. The second-order valence-corrected chi connectivity index (χ2v) is 5.18. The Balaban J connectivity index is 1.78. The topological polar surface area (TPSA) is 54.0 Å². The number of ether oxygens (including phenoxy) is 4. The molecule has 0 radical (unpaired) electrons. The van der Waals surface area contributed by atoms with Crippen molar-refractivity contribution in [2.75, 3.05) is 6.61 Å². The molecule has 0 aromatic heterocycles. The Hall–Kier alpha value is -0.650. The number of hydrogen-bond donors (Lipinski definition) is 0. The maximum Gasteiger partial charge on any atom is 0.303 e. The van der Waals surface area contributed by atoms with Crippen LogP contribution in [-0.2, 0) is 23.7 Å². The third-order valence-corrected chi connectivity index (χ3v) is 4.33. The van der Waals surface area contributed by atoms with E-state index in [1.165, 1.54) is 6.92 Å². The summed E-state index contributed by atoms with van der Waals surface area (Å²) in [5, 5.41) is 0. The molecule has 3 aliphatic heterocycles. The standard InChI is InChI=1S/C11H14O5/c1-5(12)16-11-4-13-10-9(11)6-2-7(11)14-8(3-6)15-10/h6-10H,2-4H2,1H3/t6-,7-,8-,9-,10+,11+/m1/s1. The molecule has 88 valence electrons. The molecule has 4 aliphatic rings. The van der Waals surface area contributed by atoms with E-state index in [-0.39, 0.29) is 30.6 Å². The van der Waals surface area contributed by atoms with E-state index in [1.54, 1.807) is 0 Å². The second kappa shape index (κ2) is 2.78. The van der Waals surface area contributed by atoms with Gasteiger partial charge in [-0.3, -0.25) is 4.79 Å². The average molecular weight is 226 g/mol. The predicted molar refractivity (Wildman–Crippen MR) is 50.2 cm³/mol. The SMILES string of the molecule is CC(=O)O[C@@]12CO[C@H]3O[C@@H]4C[C@@H](C[C@H]1O4)[C@H]32. The van der Waals surface area contributed by atoms with Gasteiger partial charge >= 0.3 is 5.97 Å². The first-order valence-corrected chi connectivity index (χ1v) is 5.81. The monoisotopic (exact) mass is 226 g/mol. The third kappa shape index (κ3) is 0.948. The van der Waals surface area contributed by atoms with Crippen molar-refractivity contribution < 1.29 is 23.7 Å². The third-order valence-electron chi connectivity index (χ3n) is 4.33. The summed E-state index contributed by atoms with van der Waals surface area (Å²) in [6.45, 7) is 1.85. The quantitative estimate of drug-likeness (QED) is 0.607. The highest BCUT2D eigenvalue weighted by molar-refractivity contribution is 5.67. The van der Waals surface area contributed by atoms with E-state index in [9.17, 15) is 4.79 Å². The first-order chi connectivity index (χ1) is 7.69. The van der Waals surface area contributed by atoms with E-state index >= 15 is 0 Å². The van der Waals surface area contributed by atoms with Crippen LogP contribution in [0.3, 0.4) is 0 Å². The molecule has 1 aliphatic carbocycles. The molecule has 0 spiro atoms. The van der Waals surface area contributed by atoms with Gasteiger partial charge in [-0.25, -0.2) is 0 Å². The predicted octanol–water partition coefficient (Wildman–Crippen LogP) is 0.426. The van der Waals surface area contributed by atoms with Crippen LogP contribution < -0.4 is 0 Å². The van der Waals surface area contributed by atoms with E-state index in [2.05, 4.69) is 0 Å². The van der Waals surface area contributed by atoms with Crippen LogP contribution in [0.25, 0.3) is 0 Å². The molecule has 0 amide bonds. The molecule has 5 heteroatoms. The van der Waals surface area contributed by atoms with Gasteiger partial charge < -0.3 is 18.9 Å². The van der Waals surface area contributed by atoms with Crippen molar-refractivity contribution in [1.29, 1.82) is 0 Å². The van der Waals surface area contributed by atoms with Crippen molar-refractivity contribution >= 4 is 5.97 Å². The zero-order valence-electron chi connectivity index (χ0n) is 9.05. The summed E-state index contributed by atoms with van der Waals surface area (Å²) in [6, 6.07) is 0. The summed E-state index contributed by atoms with van der Waals surface area (Å²) >= 11 is 0. The van der Waals surface area contributed by atoms with Gasteiger partial charge in [0.25, 0.3) is 0 Å². The number of fused-ring (bicyclic) bond motifs is 3. The van der Waals surface area contributed by atoms with Crippen LogP contribution in [-0.4, -0.2) is 36.9 Å². The van der Waals surface area contributed by atoms with Crippen LogP contribution in [0.1, 0.15) is 19.8 Å². The van der Waals surface area contributed by atoms with Crippen molar-refractivity contribution in [3.8, 4) is 0 Å². The lowest BCUT2D eigenvalue weighted by Crippen LogP contribution is -2.48. The molecule has 0 unspecified atom stereocenters. The Morgan fingerprint density at radius 2 is 2.25 bits per heavy atom. The lowest BCUT2D eigenvalue weighted by atomic mass is 9.84. The maximum absolute atomic E-state index is 11.3. The molecule has 4 fully saturated rings. The number of hydrogen-bond acceptors (Lipinski definition) is 5. The lowest BCUT2D eigenvalue weighted by Gasteiger charge is -2.37. The Labute approximate surface area is 93.0 Å². The molecule has 4 rings (SSSR count). The van der Waals surface area contributed by atoms with E-state index < -0.39 is 5.60 Å². The minimum atomic E-state index is -0.577. The Kier molecular flexibility index (Phi) is 1.63. The van der Waals surface area contributed by atoms with Gasteiger partial charge in [0.15, 0.2) is 18.2 Å². The fourth-order valence-corrected chi connectivity index (χ4v) is 3.88. The molecule has 6 atom stereocenters. The van der Waals surface area contributed by atoms with E-state index in [4.69, 9.17) is 18.9 Å². The summed E-state index contributed by atoms with van der Waals surface area (Å²) in [7, 11) is 0. The fourth-order valence-electron chi connectivity index (χ4n) is 3.88. The molecule has 0 N–H and O–H groups in total. The Morgan fingerprint density at radius 3 is 3.06 bits per heavy atom. The minimum absolute atomic E-state index is 0.0438. The number of rotatable bonds is 1. The van der Waals surface area contributed by atoms with Gasteiger partial charge in [-0.05, 0) is 12.3 Å². The average Bonchev–Trinajstić information content (AvgIpc) is 2.62. The highest BCUT2D eigenvalue weighted by atomic mass is 16.8. The first-order valence-electron chi connectivity index (χ1n) is 5.81. The first kappa shape index (κ1) is 9.39. The molecule has 3 heterocycles. The molecular weight excluding hydrogens is 212 g/mol. The summed E-state index contributed by atoms with van der Waals surface area (Å²) in [6.07, 6.45) is 1.43. The molecule has 0 aromatic carbocycles. The Bertz CT molecular complexity index is 354. The van der Waals surface area contributed by atoms with Crippen molar-refractivity contribution in [3.63, 3.8) is 0 Å². The number of esters is 1. The van der Waals surface area contributed by atoms with E-state index in [1.807, 2.05) is 0 Å². The van der Waals surface area contributed by atoms with E-state index in [0.717, 1.165) is 12.8 Å². The van der Waals surface area contributed by atoms with Crippen LogP contribution in [0.5, 0.6) is 0 Å². The maximum atomic E-state index is 11.3. The van der Waals surface area contributed by atoms with Gasteiger partial charge in [-0.15, -0.1) is 0 Å². The van der Waals surface area contributed by atoms with Gasteiger partial charge in [0.2, 0.25) is 0 Å². The zero-order valence-corrected chi connectivity index (χ0v) is 9.05. The van der Waals surface area contributed by atoms with Crippen LogP contribution in [0.15, 0.2) is 0 Å². The molecule has 0 aromatic rings. The van der Waals surface area contributed by atoms with Gasteiger partial charge in [0.05, 0.1) is 12.5 Å². The largest absolute Gasteiger partial charge is 0.453 e. The minimum Gasteiger partial charge on any atom is -0.453 e. The molecule has 3 saturated heterocycles. The fraction of sp³-hybridized carbons (Fsp3) is 0.909. The van der Waals surface area contributed by atoms with Crippen molar-refractivity contribution in [1.82, 2.24) is 0 Å². The van der Waals surface area contributed by atoms with Crippen LogP contribution in [0.4, 0.5) is 0 Å². The number of carbonyl (C=O) groups is 1. The van der Waals surface area contributed by atoms with Gasteiger partial charge in [-0.2, -0.15) is 0 Å². The highest BCUT2D eigenvalue weighted by Crippen LogP contribution is 2.59. The highest BCUT2D eigenvalue weighted by Gasteiger charge is 2.71.